The molecule has 1 heterocycles. The van der Waals surface area contributed by atoms with Crippen molar-refractivity contribution in [1.29, 1.82) is 0 Å². The molecule has 3 rings (SSSR count). The van der Waals surface area contributed by atoms with Gasteiger partial charge in [0, 0.05) is 25.7 Å². The predicted molar refractivity (Wildman–Crippen MR) is 119 cm³/mol. The van der Waals surface area contributed by atoms with Gasteiger partial charge in [0.1, 0.15) is 17.7 Å². The molecule has 0 saturated carbocycles. The lowest BCUT2D eigenvalue weighted by Crippen LogP contribution is -2.41. The van der Waals surface area contributed by atoms with Crippen molar-refractivity contribution < 1.29 is 19.1 Å². The Labute approximate surface area is 185 Å². The van der Waals surface area contributed by atoms with Crippen molar-refractivity contribution in [2.45, 2.75) is 25.0 Å². The third-order valence-corrected chi connectivity index (χ3v) is 4.96. The quantitative estimate of drug-likeness (QED) is 0.409. The van der Waals surface area contributed by atoms with E-state index in [4.69, 9.17) is 5.73 Å². The molecule has 0 spiro atoms. The fourth-order valence-corrected chi connectivity index (χ4v) is 3.16. The zero-order chi connectivity index (χ0) is 22.9. The number of nitrogens with two attached hydrogens (primary N) is 1. The summed E-state index contributed by atoms with van der Waals surface area (Å²) < 4.78 is 13.4. The first-order valence-electron chi connectivity index (χ1n) is 10.2. The smallest absolute Gasteiger partial charge is 0.249 e. The van der Waals surface area contributed by atoms with Crippen molar-refractivity contribution in [3.8, 4) is 0 Å². The molecule has 0 radical (unpaired) electrons. The Morgan fingerprint density at radius 1 is 0.938 bits per heavy atom. The van der Waals surface area contributed by atoms with Crippen LogP contribution < -0.4 is 16.4 Å². The minimum Gasteiger partial charge on any atom is -0.384 e. The molecule has 0 bridgehead atoms. The highest BCUT2D eigenvalue weighted by molar-refractivity contribution is 5.86. The minimum atomic E-state index is -1.25. The number of anilines is 1. The Hall–Kier alpha value is -3.78. The summed E-state index contributed by atoms with van der Waals surface area (Å²) in [6.07, 6.45) is 0.462. The van der Waals surface area contributed by atoms with Crippen LogP contribution in [0, 0.1) is 5.82 Å². The van der Waals surface area contributed by atoms with Crippen LogP contribution in [0.4, 0.5) is 10.2 Å². The molecule has 8 heteroatoms. The lowest BCUT2D eigenvalue weighted by molar-refractivity contribution is -0.129. The highest BCUT2D eigenvalue weighted by atomic mass is 19.1. The van der Waals surface area contributed by atoms with E-state index < -0.39 is 23.7 Å². The Kier molecular flexibility index (Phi) is 7.88. The van der Waals surface area contributed by atoms with Gasteiger partial charge in [-0.1, -0.05) is 48.5 Å². The highest BCUT2D eigenvalue weighted by Gasteiger charge is 2.23. The van der Waals surface area contributed by atoms with Crippen molar-refractivity contribution in [3.63, 3.8) is 0 Å². The van der Waals surface area contributed by atoms with Crippen molar-refractivity contribution in [3.05, 3.63) is 95.4 Å². The number of carbonyl (C=O) groups is 2. The van der Waals surface area contributed by atoms with Crippen LogP contribution in [0.2, 0.25) is 0 Å². The van der Waals surface area contributed by atoms with E-state index in [-0.39, 0.29) is 25.4 Å². The summed E-state index contributed by atoms with van der Waals surface area (Å²) in [5.74, 6) is -1.77. The molecule has 3 aromatic rings. The van der Waals surface area contributed by atoms with Crippen molar-refractivity contribution >= 4 is 17.6 Å². The van der Waals surface area contributed by atoms with E-state index in [9.17, 15) is 19.1 Å². The molecule has 166 valence electrons. The molecule has 0 aliphatic rings. The van der Waals surface area contributed by atoms with E-state index in [1.165, 1.54) is 24.3 Å². The summed E-state index contributed by atoms with van der Waals surface area (Å²) in [5.41, 5.74) is 7.69. The monoisotopic (exact) mass is 436 g/mol. The highest BCUT2D eigenvalue weighted by Crippen LogP contribution is 2.17. The van der Waals surface area contributed by atoms with Gasteiger partial charge in [0.25, 0.3) is 0 Å². The van der Waals surface area contributed by atoms with Crippen LogP contribution in [0.25, 0.3) is 0 Å². The molecule has 5 N–H and O–H groups in total. The molecule has 0 unspecified atom stereocenters. The standard InChI is InChI=1S/C24H25FN4O3/c25-19-9-7-18(8-10-19)20(23(31)28-14-17-6-11-22(26)27-13-17)15-29-24(32)21(30)12-16-4-2-1-3-5-16/h1-11,13,20-21,30H,12,14-15H2,(H2,26,27)(H,28,31)(H,29,32)/t20-,21+/m0/s1. The number of nitrogens with zero attached hydrogens (tertiary/aromatic N) is 1. The van der Waals surface area contributed by atoms with Gasteiger partial charge in [-0.3, -0.25) is 9.59 Å². The van der Waals surface area contributed by atoms with Crippen LogP contribution in [-0.4, -0.2) is 34.6 Å². The number of hydrogen-bond acceptors (Lipinski definition) is 5. The first-order chi connectivity index (χ1) is 15.4. The predicted octanol–water partition coefficient (Wildman–Crippen LogP) is 1.92. The van der Waals surface area contributed by atoms with Gasteiger partial charge in [-0.15, -0.1) is 0 Å². The second-order valence-electron chi connectivity index (χ2n) is 7.36. The summed E-state index contributed by atoms with van der Waals surface area (Å²) >= 11 is 0. The van der Waals surface area contributed by atoms with Gasteiger partial charge < -0.3 is 21.5 Å². The topological polar surface area (TPSA) is 117 Å². The molecule has 2 amide bonds. The number of benzene rings is 2. The zero-order valence-electron chi connectivity index (χ0n) is 17.4. The number of carbonyl (C=O) groups excluding carboxylic acids is 2. The van der Waals surface area contributed by atoms with Crippen LogP contribution in [0.3, 0.4) is 0 Å². The Morgan fingerprint density at radius 3 is 2.31 bits per heavy atom. The number of halogens is 1. The lowest BCUT2D eigenvalue weighted by atomic mass is 9.97. The van der Waals surface area contributed by atoms with Gasteiger partial charge in [0.2, 0.25) is 11.8 Å². The van der Waals surface area contributed by atoms with Gasteiger partial charge in [-0.05, 0) is 34.9 Å². The summed E-state index contributed by atoms with van der Waals surface area (Å²) in [5, 5.41) is 15.7. The van der Waals surface area contributed by atoms with E-state index in [0.717, 1.165) is 11.1 Å². The maximum Gasteiger partial charge on any atom is 0.249 e. The fraction of sp³-hybridized carbons (Fsp3) is 0.208. The van der Waals surface area contributed by atoms with Crippen molar-refractivity contribution in [1.82, 2.24) is 15.6 Å². The molecular formula is C24H25FN4O3. The molecule has 0 fully saturated rings. The maximum atomic E-state index is 13.4. The van der Waals surface area contributed by atoms with E-state index in [0.29, 0.717) is 11.4 Å². The Balaban J connectivity index is 1.64. The number of aromatic nitrogens is 1. The number of pyridine rings is 1. The average Bonchev–Trinajstić information content (AvgIpc) is 2.80. The number of nitrogen functional groups attached to an aromatic ring is 1. The second kappa shape index (κ2) is 11.0. The first-order valence-corrected chi connectivity index (χ1v) is 10.2. The number of aliphatic hydroxyl groups is 1. The third-order valence-electron chi connectivity index (χ3n) is 4.96. The van der Waals surface area contributed by atoms with E-state index in [1.807, 2.05) is 30.3 Å². The first kappa shape index (κ1) is 22.9. The summed E-state index contributed by atoms with van der Waals surface area (Å²) in [6, 6.07) is 18.0. The molecular weight excluding hydrogens is 411 g/mol. The molecule has 2 atom stereocenters. The summed E-state index contributed by atoms with van der Waals surface area (Å²) in [6.45, 7) is 0.163. The largest absolute Gasteiger partial charge is 0.384 e. The number of nitrogens with one attached hydrogen (secondary N) is 2. The zero-order valence-corrected chi connectivity index (χ0v) is 17.4. The van der Waals surface area contributed by atoms with Crippen LogP contribution >= 0.6 is 0 Å². The molecule has 0 aliphatic carbocycles. The second-order valence-corrected chi connectivity index (χ2v) is 7.36. The van der Waals surface area contributed by atoms with Gasteiger partial charge >= 0.3 is 0 Å². The Morgan fingerprint density at radius 2 is 1.66 bits per heavy atom. The molecule has 32 heavy (non-hydrogen) atoms. The molecule has 7 nitrogen and oxygen atoms in total. The van der Waals surface area contributed by atoms with E-state index >= 15 is 0 Å². The SMILES string of the molecule is Nc1ccc(CNC(=O)[C@@H](CNC(=O)[C@H](O)Cc2ccccc2)c2ccc(F)cc2)cn1. The molecule has 0 aliphatic heterocycles. The Bertz CT molecular complexity index is 1030. The van der Waals surface area contributed by atoms with Gasteiger partial charge in [0.15, 0.2) is 0 Å². The van der Waals surface area contributed by atoms with Gasteiger partial charge in [0.05, 0.1) is 5.92 Å². The van der Waals surface area contributed by atoms with Gasteiger partial charge in [-0.2, -0.15) is 0 Å². The summed E-state index contributed by atoms with van der Waals surface area (Å²) in [7, 11) is 0. The van der Waals surface area contributed by atoms with E-state index in [2.05, 4.69) is 15.6 Å². The van der Waals surface area contributed by atoms with E-state index in [1.54, 1.807) is 18.3 Å². The van der Waals surface area contributed by atoms with Crippen LogP contribution in [0.5, 0.6) is 0 Å². The van der Waals surface area contributed by atoms with Crippen LogP contribution in [-0.2, 0) is 22.6 Å². The molecule has 1 aromatic heterocycles. The number of aliphatic hydroxyl groups excluding tert-OH is 1. The van der Waals surface area contributed by atoms with Gasteiger partial charge in [-0.25, -0.2) is 9.37 Å². The third kappa shape index (κ3) is 6.61. The molecule has 0 saturated heterocycles. The number of rotatable bonds is 9. The average molecular weight is 436 g/mol. The number of hydrogen-bond donors (Lipinski definition) is 4. The normalized spacial score (nSPS) is 12.6. The van der Waals surface area contributed by atoms with Crippen LogP contribution in [0.1, 0.15) is 22.6 Å². The van der Waals surface area contributed by atoms with Crippen molar-refractivity contribution in [2.24, 2.45) is 0 Å². The maximum absolute atomic E-state index is 13.4. The molecule has 2 aromatic carbocycles. The minimum absolute atomic E-state index is 0.0534. The van der Waals surface area contributed by atoms with Crippen molar-refractivity contribution in [2.75, 3.05) is 12.3 Å². The summed E-state index contributed by atoms with van der Waals surface area (Å²) in [4.78, 5) is 29.3. The van der Waals surface area contributed by atoms with Crippen LogP contribution in [0.15, 0.2) is 72.9 Å². The number of amides is 2. The lowest BCUT2D eigenvalue weighted by Gasteiger charge is -2.19. The fourth-order valence-electron chi connectivity index (χ4n) is 3.16.